The fourth-order valence-electron chi connectivity index (χ4n) is 12.0. The molecule has 9 atom stereocenters. The van der Waals surface area contributed by atoms with Crippen molar-refractivity contribution in [1.82, 2.24) is 0 Å². The normalized spacial score (nSPS) is 56.1. The topological polar surface area (TPSA) is 68.1 Å². The number of fused-ring (bicyclic) bond motifs is 6. The molecule has 0 aromatic rings. The van der Waals surface area contributed by atoms with Gasteiger partial charge < -0.3 is 0 Å². The Kier molecular flexibility index (Phi) is 4.04. The molecule has 5 heteroatoms. The Hall–Kier alpha value is -1.80. The molecule has 0 N–H and O–H groups in total. The van der Waals surface area contributed by atoms with E-state index < -0.39 is 28.1 Å². The van der Waals surface area contributed by atoms with Crippen LogP contribution >= 0.6 is 0 Å². The molecular weight excluding hydrogens is 462 g/mol. The maximum absolute atomic E-state index is 14.7. The summed E-state index contributed by atoms with van der Waals surface area (Å²) in [5, 5.41) is 0. The van der Waals surface area contributed by atoms with Gasteiger partial charge in [0.15, 0.2) is 11.9 Å². The molecule has 1 spiro atoms. The molecule has 7 rings (SSSR count). The van der Waals surface area contributed by atoms with E-state index in [1.165, 1.54) is 0 Å². The Bertz CT molecular complexity index is 1290. The first kappa shape index (κ1) is 24.3. The van der Waals surface area contributed by atoms with Gasteiger partial charge in [0.1, 0.15) is 5.78 Å². The Labute approximate surface area is 221 Å². The molecule has 0 unspecified atom stereocenters. The van der Waals surface area contributed by atoms with E-state index in [1.807, 2.05) is 19.9 Å². The van der Waals surface area contributed by atoms with E-state index in [0.717, 1.165) is 50.5 Å². The third-order valence-corrected chi connectivity index (χ3v) is 14.2. The molecule has 0 aromatic carbocycles. The highest BCUT2D eigenvalue weighted by Gasteiger charge is 2.88. The molecule has 6 aliphatic carbocycles. The first-order valence-corrected chi connectivity index (χ1v) is 14.5. The number of nitrogens with zero attached hydrogens (tertiary/aromatic N) is 1. The minimum Gasteiger partial charge on any atom is -0.299 e. The van der Waals surface area contributed by atoms with E-state index >= 15 is 0 Å². The quantitative estimate of drug-likeness (QED) is 0.295. The average Bonchev–Trinajstić information content (AvgIpc) is 3.54. The van der Waals surface area contributed by atoms with Crippen LogP contribution in [0.15, 0.2) is 11.6 Å². The van der Waals surface area contributed by atoms with E-state index in [-0.39, 0.29) is 45.1 Å². The highest BCUT2D eigenvalue weighted by Crippen LogP contribution is 2.83. The number of ether oxygens (including phenoxy) is 1. The summed E-state index contributed by atoms with van der Waals surface area (Å²) in [5.41, 5.74) is -3.05. The van der Waals surface area contributed by atoms with Crippen LogP contribution in [0.5, 0.6) is 0 Å². The van der Waals surface area contributed by atoms with Crippen molar-refractivity contribution >= 4 is 17.3 Å². The van der Waals surface area contributed by atoms with Crippen LogP contribution in [0.4, 0.5) is 0 Å². The summed E-state index contributed by atoms with van der Waals surface area (Å²) in [6.07, 6.45) is 8.27. The van der Waals surface area contributed by atoms with Crippen LogP contribution in [-0.4, -0.2) is 29.2 Å². The molecule has 1 aliphatic heterocycles. The van der Waals surface area contributed by atoms with Gasteiger partial charge >= 0.3 is 5.72 Å². The van der Waals surface area contributed by atoms with Gasteiger partial charge in [-0.3, -0.25) is 24.0 Å². The molecular formula is C32H41NO4. The Morgan fingerprint density at radius 1 is 0.919 bits per heavy atom. The smallest absolute Gasteiger partial charge is 0.299 e. The second-order valence-corrected chi connectivity index (χ2v) is 16.0. The molecule has 1 heterocycles. The summed E-state index contributed by atoms with van der Waals surface area (Å²) in [6.45, 7) is 23.4. The monoisotopic (exact) mass is 503 g/mol. The maximum Gasteiger partial charge on any atom is 0.424 e. The Morgan fingerprint density at radius 2 is 1.59 bits per heavy atom. The molecule has 37 heavy (non-hydrogen) atoms. The van der Waals surface area contributed by atoms with Crippen molar-refractivity contribution in [3.63, 3.8) is 0 Å². The second-order valence-electron chi connectivity index (χ2n) is 16.0. The fraction of sp³-hybridized carbons (Fsp3) is 0.812. The number of hydrogen-bond donors (Lipinski definition) is 0. The zero-order valence-corrected chi connectivity index (χ0v) is 23.5. The predicted octanol–water partition coefficient (Wildman–Crippen LogP) is 6.11. The van der Waals surface area contributed by atoms with Gasteiger partial charge in [-0.25, -0.2) is 6.57 Å². The van der Waals surface area contributed by atoms with E-state index in [2.05, 4.69) is 39.5 Å². The van der Waals surface area contributed by atoms with Crippen molar-refractivity contribution < 1.29 is 19.1 Å². The first-order chi connectivity index (χ1) is 17.0. The molecule has 0 aromatic heterocycles. The number of ketones is 3. The van der Waals surface area contributed by atoms with Crippen molar-refractivity contribution in [2.24, 2.45) is 49.7 Å². The molecule has 7 aliphatic rings. The highest BCUT2D eigenvalue weighted by molar-refractivity contribution is 6.06. The van der Waals surface area contributed by atoms with Crippen molar-refractivity contribution in [2.45, 2.75) is 112 Å². The van der Waals surface area contributed by atoms with Gasteiger partial charge in [0.25, 0.3) is 5.78 Å². The minimum absolute atomic E-state index is 0.0150. The van der Waals surface area contributed by atoms with E-state index in [9.17, 15) is 14.4 Å². The summed E-state index contributed by atoms with van der Waals surface area (Å²) in [7, 11) is 0. The van der Waals surface area contributed by atoms with Gasteiger partial charge in [0, 0.05) is 28.1 Å². The van der Waals surface area contributed by atoms with Gasteiger partial charge in [-0.2, -0.15) is 0 Å². The molecule has 5 nitrogen and oxygen atoms in total. The van der Waals surface area contributed by atoms with Crippen LogP contribution in [0.1, 0.15) is 99.8 Å². The number of Topliss-reactive ketones (excluding diaryl/α,β-unsaturated/α-hetero) is 2. The third kappa shape index (κ3) is 2.16. The minimum atomic E-state index is -1.41. The van der Waals surface area contributed by atoms with Crippen molar-refractivity contribution in [3.8, 4) is 0 Å². The van der Waals surface area contributed by atoms with Crippen molar-refractivity contribution in [1.29, 1.82) is 0 Å². The van der Waals surface area contributed by atoms with Gasteiger partial charge in [-0.05, 0) is 79.1 Å². The zero-order valence-electron chi connectivity index (χ0n) is 23.5. The fourth-order valence-corrected chi connectivity index (χ4v) is 12.0. The Balaban J connectivity index is 1.45. The highest BCUT2D eigenvalue weighted by atomic mass is 16.6. The third-order valence-electron chi connectivity index (χ3n) is 14.2. The molecule has 2 bridgehead atoms. The molecule has 198 valence electrons. The van der Waals surface area contributed by atoms with Crippen molar-refractivity contribution in [2.75, 3.05) is 0 Å². The lowest BCUT2D eigenvalue weighted by Crippen LogP contribution is -2.69. The first-order valence-electron chi connectivity index (χ1n) is 14.5. The van der Waals surface area contributed by atoms with Crippen LogP contribution in [0.3, 0.4) is 0 Å². The number of carbonyl (C=O) groups is 3. The number of rotatable bonds is 0. The van der Waals surface area contributed by atoms with Gasteiger partial charge in [-0.15, -0.1) is 0 Å². The molecule has 0 amide bonds. The summed E-state index contributed by atoms with van der Waals surface area (Å²) in [5.74, 6) is 0.510. The van der Waals surface area contributed by atoms with Gasteiger partial charge in [-0.1, -0.05) is 54.0 Å². The van der Waals surface area contributed by atoms with E-state index in [4.69, 9.17) is 11.3 Å². The summed E-state index contributed by atoms with van der Waals surface area (Å²) < 4.78 is 6.11. The Morgan fingerprint density at radius 3 is 2.27 bits per heavy atom. The van der Waals surface area contributed by atoms with E-state index in [0.29, 0.717) is 12.2 Å². The van der Waals surface area contributed by atoms with Crippen LogP contribution in [0, 0.1) is 56.3 Å². The van der Waals surface area contributed by atoms with Gasteiger partial charge in [0.2, 0.25) is 0 Å². The van der Waals surface area contributed by atoms with Gasteiger partial charge in [0.05, 0.1) is 0 Å². The number of allylic oxidation sites excluding steroid dienone is 1. The largest absolute Gasteiger partial charge is 0.424 e. The number of epoxide rings is 1. The summed E-state index contributed by atoms with van der Waals surface area (Å²) in [6, 6.07) is 0. The molecule has 5 saturated carbocycles. The molecule has 0 radical (unpaired) electrons. The van der Waals surface area contributed by atoms with Crippen LogP contribution in [-0.2, 0) is 19.1 Å². The van der Waals surface area contributed by atoms with Crippen molar-refractivity contribution in [3.05, 3.63) is 23.1 Å². The number of carbonyl (C=O) groups excluding carboxylic acids is 3. The zero-order chi connectivity index (χ0) is 26.8. The maximum atomic E-state index is 14.7. The lowest BCUT2D eigenvalue weighted by molar-refractivity contribution is -0.191. The molecule has 6 fully saturated rings. The van der Waals surface area contributed by atoms with Crippen LogP contribution in [0.25, 0.3) is 4.85 Å². The summed E-state index contributed by atoms with van der Waals surface area (Å²) in [4.78, 5) is 46.0. The van der Waals surface area contributed by atoms with E-state index in [1.54, 1.807) is 0 Å². The second kappa shape index (κ2) is 6.16. The van der Waals surface area contributed by atoms with Crippen LogP contribution in [0.2, 0.25) is 0 Å². The number of hydrogen-bond acceptors (Lipinski definition) is 4. The standard InChI is InChI=1S/C32H41NO4/c1-25(2)11-13-30-14-12-28(6)27(5)10-9-18-26(3,4)23(36)32(33-8)24(37-32)29(18,7)19(27)15-21(34)31(28,17-22(30)35)20(30)16-25/h15,18,20,24H,9-14,16-17H2,1-7H3/t18-,20+,24+,27+,28-,29-,30-,31-,32-/m0/s1. The van der Waals surface area contributed by atoms with Crippen LogP contribution < -0.4 is 0 Å². The predicted molar refractivity (Wildman–Crippen MR) is 138 cm³/mol. The molecule has 1 saturated heterocycles. The average molecular weight is 504 g/mol. The lowest BCUT2D eigenvalue weighted by atomic mass is 9.31. The SMILES string of the molecule is [C-]#[N+][C@@]12O[C@@H]1[C@]1(C)C3=CC(=O)[C@]45CC(=O)[C@@]6(CCC(C)(C)C[C@H]64)CC[C@@]5(C)[C@]3(C)CC[C@H]1C(C)(C)C2=O. The summed E-state index contributed by atoms with van der Waals surface area (Å²) >= 11 is 0. The lowest BCUT2D eigenvalue weighted by Gasteiger charge is -2.70.